The lowest BCUT2D eigenvalue weighted by molar-refractivity contribution is 0.0161. The predicted molar refractivity (Wildman–Crippen MR) is 90.0 cm³/mol. The van der Waals surface area contributed by atoms with Crippen LogP contribution in [0.15, 0.2) is 0 Å². The number of likely N-dealkylation sites (tertiary alicyclic amines) is 1. The van der Waals surface area contributed by atoms with E-state index in [1.165, 1.54) is 32.1 Å². The molecule has 4 heteroatoms. The minimum Gasteiger partial charge on any atom is -0.444 e. The van der Waals surface area contributed by atoms with Gasteiger partial charge < -0.3 is 15.0 Å². The van der Waals surface area contributed by atoms with Crippen LogP contribution in [0.1, 0.15) is 66.2 Å². The number of hydrogen-bond donors (Lipinski definition) is 1. The van der Waals surface area contributed by atoms with Crippen LogP contribution in [-0.4, -0.2) is 42.3 Å². The summed E-state index contributed by atoms with van der Waals surface area (Å²) in [7, 11) is 0. The number of ether oxygens (including phenoxy) is 1. The molecule has 0 aromatic heterocycles. The maximum atomic E-state index is 12.2. The SMILES string of the molecule is CCC(NCCC1CCCN(C(=O)OC(C)(C)C)C1)C1CC1. The van der Waals surface area contributed by atoms with Crippen LogP contribution in [0.5, 0.6) is 0 Å². The second-order valence-corrected chi connectivity index (χ2v) is 8.03. The van der Waals surface area contributed by atoms with Crippen molar-refractivity contribution in [2.45, 2.75) is 77.9 Å². The van der Waals surface area contributed by atoms with Crippen LogP contribution in [0.25, 0.3) is 0 Å². The second kappa shape index (κ2) is 7.67. The molecular formula is C18H34N2O2. The molecule has 1 amide bonds. The third-order valence-electron chi connectivity index (χ3n) is 4.76. The number of rotatable bonds is 6. The zero-order valence-electron chi connectivity index (χ0n) is 14.9. The summed E-state index contributed by atoms with van der Waals surface area (Å²) in [6, 6.07) is 0.713. The van der Waals surface area contributed by atoms with Gasteiger partial charge in [0.25, 0.3) is 0 Å². The van der Waals surface area contributed by atoms with Gasteiger partial charge in [-0.05, 0) is 77.7 Å². The average Bonchev–Trinajstić information content (AvgIpc) is 3.27. The van der Waals surface area contributed by atoms with E-state index in [1.54, 1.807) is 0 Å². The Morgan fingerprint density at radius 2 is 2.05 bits per heavy atom. The minimum absolute atomic E-state index is 0.144. The highest BCUT2D eigenvalue weighted by atomic mass is 16.6. The molecule has 2 aliphatic rings. The third-order valence-corrected chi connectivity index (χ3v) is 4.76. The topological polar surface area (TPSA) is 41.6 Å². The Labute approximate surface area is 136 Å². The van der Waals surface area contributed by atoms with Crippen molar-refractivity contribution in [1.29, 1.82) is 0 Å². The van der Waals surface area contributed by atoms with E-state index >= 15 is 0 Å². The number of amides is 1. The van der Waals surface area contributed by atoms with Crippen molar-refractivity contribution in [3.05, 3.63) is 0 Å². The predicted octanol–water partition coefficient (Wildman–Crippen LogP) is 3.80. The van der Waals surface area contributed by atoms with E-state index in [9.17, 15) is 4.79 Å². The number of carbonyl (C=O) groups is 1. The highest BCUT2D eigenvalue weighted by molar-refractivity contribution is 5.68. The van der Waals surface area contributed by atoms with Crippen LogP contribution < -0.4 is 5.32 Å². The standard InChI is InChI=1S/C18H34N2O2/c1-5-16(15-8-9-15)19-11-10-14-7-6-12-20(13-14)17(21)22-18(2,3)4/h14-16,19H,5-13H2,1-4H3. The molecule has 0 spiro atoms. The molecule has 2 rings (SSSR count). The summed E-state index contributed by atoms with van der Waals surface area (Å²) < 4.78 is 5.50. The van der Waals surface area contributed by atoms with Gasteiger partial charge in [0, 0.05) is 19.1 Å². The molecule has 128 valence electrons. The van der Waals surface area contributed by atoms with Crippen molar-refractivity contribution in [1.82, 2.24) is 10.2 Å². The molecule has 1 aliphatic carbocycles. The fraction of sp³-hybridized carbons (Fsp3) is 0.944. The van der Waals surface area contributed by atoms with E-state index < -0.39 is 5.60 Å². The lowest BCUT2D eigenvalue weighted by Gasteiger charge is -2.34. The zero-order chi connectivity index (χ0) is 16.2. The van der Waals surface area contributed by atoms with Gasteiger partial charge in [0.05, 0.1) is 0 Å². The second-order valence-electron chi connectivity index (χ2n) is 8.03. The molecule has 2 unspecified atom stereocenters. The van der Waals surface area contributed by atoms with Crippen molar-refractivity contribution in [2.75, 3.05) is 19.6 Å². The van der Waals surface area contributed by atoms with Crippen LogP contribution in [0.2, 0.25) is 0 Å². The van der Waals surface area contributed by atoms with E-state index in [2.05, 4.69) is 12.2 Å². The Morgan fingerprint density at radius 3 is 2.64 bits per heavy atom. The average molecular weight is 310 g/mol. The molecule has 0 bridgehead atoms. The van der Waals surface area contributed by atoms with E-state index in [-0.39, 0.29) is 6.09 Å². The summed E-state index contributed by atoms with van der Waals surface area (Å²) in [6.45, 7) is 10.9. The molecule has 0 radical (unpaired) electrons. The Kier molecular flexibility index (Phi) is 6.13. The van der Waals surface area contributed by atoms with E-state index in [0.717, 1.165) is 32.0 Å². The van der Waals surface area contributed by atoms with Crippen molar-refractivity contribution in [3.63, 3.8) is 0 Å². The number of piperidine rings is 1. The quantitative estimate of drug-likeness (QED) is 0.811. The van der Waals surface area contributed by atoms with Crippen molar-refractivity contribution < 1.29 is 9.53 Å². The van der Waals surface area contributed by atoms with Gasteiger partial charge in [-0.1, -0.05) is 6.92 Å². The van der Waals surface area contributed by atoms with Crippen molar-refractivity contribution in [3.8, 4) is 0 Å². The first-order valence-corrected chi connectivity index (χ1v) is 9.10. The smallest absolute Gasteiger partial charge is 0.410 e. The van der Waals surface area contributed by atoms with Gasteiger partial charge in [-0.2, -0.15) is 0 Å². The highest BCUT2D eigenvalue weighted by Crippen LogP contribution is 2.34. The van der Waals surface area contributed by atoms with Crippen LogP contribution in [0, 0.1) is 11.8 Å². The normalized spacial score (nSPS) is 24.2. The minimum atomic E-state index is -0.399. The molecule has 1 aliphatic heterocycles. The number of carbonyl (C=O) groups excluding carboxylic acids is 1. The van der Waals surface area contributed by atoms with Crippen LogP contribution in [0.3, 0.4) is 0 Å². The molecule has 1 heterocycles. The highest BCUT2D eigenvalue weighted by Gasteiger charge is 2.30. The third kappa shape index (κ3) is 5.79. The van der Waals surface area contributed by atoms with Crippen molar-refractivity contribution in [2.24, 2.45) is 11.8 Å². The summed E-state index contributed by atoms with van der Waals surface area (Å²) in [5.74, 6) is 1.54. The van der Waals surface area contributed by atoms with E-state index in [0.29, 0.717) is 12.0 Å². The monoisotopic (exact) mass is 310 g/mol. The summed E-state index contributed by atoms with van der Waals surface area (Å²) in [6.07, 6.45) is 7.41. The molecule has 1 saturated carbocycles. The Bertz CT molecular complexity index is 361. The molecule has 4 nitrogen and oxygen atoms in total. The van der Waals surface area contributed by atoms with Crippen LogP contribution in [0.4, 0.5) is 4.79 Å². The van der Waals surface area contributed by atoms with E-state index in [4.69, 9.17) is 4.74 Å². The molecule has 22 heavy (non-hydrogen) atoms. The first-order chi connectivity index (χ1) is 10.4. The molecule has 2 atom stereocenters. The maximum Gasteiger partial charge on any atom is 0.410 e. The van der Waals surface area contributed by atoms with Gasteiger partial charge in [-0.15, -0.1) is 0 Å². The van der Waals surface area contributed by atoms with Gasteiger partial charge >= 0.3 is 6.09 Å². The molecule has 1 saturated heterocycles. The number of nitrogens with zero attached hydrogens (tertiary/aromatic N) is 1. The summed E-state index contributed by atoms with van der Waals surface area (Å²) >= 11 is 0. The zero-order valence-corrected chi connectivity index (χ0v) is 14.9. The largest absolute Gasteiger partial charge is 0.444 e. The molecule has 2 fully saturated rings. The van der Waals surface area contributed by atoms with Gasteiger partial charge in [0.1, 0.15) is 5.60 Å². The fourth-order valence-electron chi connectivity index (χ4n) is 3.41. The Hall–Kier alpha value is -0.770. The number of nitrogens with one attached hydrogen (secondary N) is 1. The van der Waals surface area contributed by atoms with Gasteiger partial charge in [0.2, 0.25) is 0 Å². The molecule has 1 N–H and O–H groups in total. The van der Waals surface area contributed by atoms with Gasteiger partial charge in [0.15, 0.2) is 0 Å². The van der Waals surface area contributed by atoms with Crippen LogP contribution >= 0.6 is 0 Å². The lowest BCUT2D eigenvalue weighted by atomic mass is 9.95. The summed E-state index contributed by atoms with van der Waals surface area (Å²) in [4.78, 5) is 14.1. The van der Waals surface area contributed by atoms with Crippen molar-refractivity contribution >= 4 is 6.09 Å². The molecule has 0 aromatic rings. The number of hydrogen-bond acceptors (Lipinski definition) is 3. The first kappa shape index (κ1) is 17.6. The Morgan fingerprint density at radius 1 is 1.32 bits per heavy atom. The molecular weight excluding hydrogens is 276 g/mol. The van der Waals surface area contributed by atoms with E-state index in [1.807, 2.05) is 25.7 Å². The lowest BCUT2D eigenvalue weighted by Crippen LogP contribution is -2.43. The van der Waals surface area contributed by atoms with Gasteiger partial charge in [-0.25, -0.2) is 4.79 Å². The maximum absolute atomic E-state index is 12.2. The molecule has 0 aromatic carbocycles. The summed E-state index contributed by atoms with van der Waals surface area (Å²) in [5.41, 5.74) is -0.399. The summed E-state index contributed by atoms with van der Waals surface area (Å²) in [5, 5.41) is 3.73. The van der Waals surface area contributed by atoms with Crippen LogP contribution in [-0.2, 0) is 4.74 Å². The fourth-order valence-corrected chi connectivity index (χ4v) is 3.41. The first-order valence-electron chi connectivity index (χ1n) is 9.10. The van der Waals surface area contributed by atoms with Gasteiger partial charge in [-0.3, -0.25) is 0 Å². The Balaban J connectivity index is 1.70.